The second kappa shape index (κ2) is 11.6. The summed E-state index contributed by atoms with van der Waals surface area (Å²) in [5.74, 6) is -13.4. The van der Waals surface area contributed by atoms with Crippen LogP contribution in [0.1, 0.15) is 23.7 Å². The molecule has 0 heterocycles. The number of alkyl halides is 1. The van der Waals surface area contributed by atoms with Crippen molar-refractivity contribution < 1.29 is 45.5 Å². The van der Waals surface area contributed by atoms with E-state index in [1.165, 1.54) is 5.32 Å². The third-order valence-corrected chi connectivity index (χ3v) is 4.97. The van der Waals surface area contributed by atoms with E-state index in [4.69, 9.17) is 9.57 Å². The number of anilines is 1. The standard InChI is InChI=1S/C24H18F6N2O4/c1-12(23(33)31-22-20(29)18(27)17(26)19(28)21(22)30)32-36-14(11-25)9-10-35-24(34)16-8-4-6-13-5-2-3-7-15(13)16/h2-8,14H,9-11H2,1H3,(H,31,33)/b32-12-. The number of nitrogens with one attached hydrogen (secondary N) is 1. The Bertz CT molecular complexity index is 1300. The van der Waals surface area contributed by atoms with Gasteiger partial charge in [-0.3, -0.25) is 4.79 Å². The van der Waals surface area contributed by atoms with Gasteiger partial charge < -0.3 is 14.9 Å². The quantitative estimate of drug-likeness (QED) is 0.103. The lowest BCUT2D eigenvalue weighted by molar-refractivity contribution is -0.110. The molecule has 0 aliphatic rings. The highest BCUT2D eigenvalue weighted by Crippen LogP contribution is 2.27. The van der Waals surface area contributed by atoms with Crippen LogP contribution >= 0.6 is 0 Å². The van der Waals surface area contributed by atoms with Gasteiger partial charge in [0, 0.05) is 6.42 Å². The summed E-state index contributed by atoms with van der Waals surface area (Å²) in [6.45, 7) is -0.360. The van der Waals surface area contributed by atoms with Crippen LogP contribution in [0.25, 0.3) is 10.8 Å². The van der Waals surface area contributed by atoms with Gasteiger partial charge in [0.2, 0.25) is 5.82 Å². The molecule has 0 aliphatic carbocycles. The van der Waals surface area contributed by atoms with E-state index < -0.39 is 65.1 Å². The van der Waals surface area contributed by atoms with Crippen molar-refractivity contribution in [1.29, 1.82) is 0 Å². The first-order valence-electron chi connectivity index (χ1n) is 10.4. The molecule has 0 aromatic heterocycles. The minimum Gasteiger partial charge on any atom is -0.462 e. The van der Waals surface area contributed by atoms with Crippen molar-refractivity contribution in [3.63, 3.8) is 0 Å². The van der Waals surface area contributed by atoms with Crippen molar-refractivity contribution in [2.75, 3.05) is 18.6 Å². The van der Waals surface area contributed by atoms with Crippen molar-refractivity contribution in [3.8, 4) is 0 Å². The molecule has 0 aliphatic heterocycles. The van der Waals surface area contributed by atoms with Crippen LogP contribution < -0.4 is 5.32 Å². The summed E-state index contributed by atoms with van der Waals surface area (Å²) in [6, 6.07) is 12.2. The zero-order valence-corrected chi connectivity index (χ0v) is 18.6. The summed E-state index contributed by atoms with van der Waals surface area (Å²) in [5, 5.41) is 6.33. The van der Waals surface area contributed by atoms with Gasteiger partial charge in [-0.2, -0.15) is 0 Å². The second-order valence-electron chi connectivity index (χ2n) is 7.41. The van der Waals surface area contributed by atoms with Gasteiger partial charge in [-0.15, -0.1) is 0 Å². The van der Waals surface area contributed by atoms with Gasteiger partial charge in [-0.05, 0) is 23.8 Å². The predicted molar refractivity (Wildman–Crippen MR) is 118 cm³/mol. The third kappa shape index (κ3) is 5.75. The summed E-state index contributed by atoms with van der Waals surface area (Å²) >= 11 is 0. The minimum atomic E-state index is -2.39. The summed E-state index contributed by atoms with van der Waals surface area (Å²) in [6.07, 6.45) is -1.43. The number of hydrogen-bond acceptors (Lipinski definition) is 5. The van der Waals surface area contributed by atoms with Gasteiger partial charge in [0.25, 0.3) is 5.91 Å². The normalized spacial score (nSPS) is 12.4. The Labute approximate surface area is 200 Å². The highest BCUT2D eigenvalue weighted by Gasteiger charge is 2.27. The number of carbonyl (C=O) groups is 2. The van der Waals surface area contributed by atoms with E-state index >= 15 is 0 Å². The summed E-state index contributed by atoms with van der Waals surface area (Å²) < 4.78 is 85.5. The van der Waals surface area contributed by atoms with Crippen molar-refractivity contribution in [2.24, 2.45) is 5.16 Å². The first kappa shape index (κ1) is 26.5. The smallest absolute Gasteiger partial charge is 0.338 e. The SMILES string of the molecule is C/C(=N/OC(CF)CCOC(=O)c1cccc2ccccc12)C(=O)Nc1c(F)c(F)c(F)c(F)c1F. The lowest BCUT2D eigenvalue weighted by atomic mass is 10.1. The number of rotatable bonds is 9. The van der Waals surface area contributed by atoms with Gasteiger partial charge in [0.1, 0.15) is 18.1 Å². The van der Waals surface area contributed by atoms with Crippen LogP contribution in [0.5, 0.6) is 0 Å². The van der Waals surface area contributed by atoms with Gasteiger partial charge in [-0.25, -0.2) is 31.1 Å². The Morgan fingerprint density at radius 2 is 1.53 bits per heavy atom. The average molecular weight is 512 g/mol. The van der Waals surface area contributed by atoms with Crippen LogP contribution in [0.15, 0.2) is 47.6 Å². The van der Waals surface area contributed by atoms with E-state index in [0.717, 1.165) is 12.3 Å². The van der Waals surface area contributed by atoms with Crippen LogP contribution in [-0.4, -0.2) is 37.0 Å². The minimum absolute atomic E-state index is 0.164. The summed E-state index contributed by atoms with van der Waals surface area (Å²) in [5.41, 5.74) is -1.87. The van der Waals surface area contributed by atoms with Crippen molar-refractivity contribution in [1.82, 2.24) is 0 Å². The number of fused-ring (bicyclic) bond motifs is 1. The molecule has 12 heteroatoms. The largest absolute Gasteiger partial charge is 0.462 e. The number of ether oxygens (including phenoxy) is 1. The zero-order chi connectivity index (χ0) is 26.4. The molecule has 3 aromatic rings. The topological polar surface area (TPSA) is 77.0 Å². The molecule has 3 aromatic carbocycles. The molecule has 190 valence electrons. The van der Waals surface area contributed by atoms with E-state index in [2.05, 4.69) is 5.16 Å². The molecule has 0 saturated heterocycles. The molecule has 1 unspecified atom stereocenters. The third-order valence-electron chi connectivity index (χ3n) is 4.97. The Morgan fingerprint density at radius 3 is 2.19 bits per heavy atom. The number of nitrogens with zero attached hydrogens (tertiary/aromatic N) is 1. The van der Waals surface area contributed by atoms with Crippen LogP contribution in [-0.2, 0) is 14.4 Å². The Morgan fingerprint density at radius 1 is 0.917 bits per heavy atom. The Balaban J connectivity index is 1.58. The Kier molecular flexibility index (Phi) is 8.51. The molecular weight excluding hydrogens is 494 g/mol. The lowest BCUT2D eigenvalue weighted by Gasteiger charge is -2.13. The summed E-state index contributed by atoms with van der Waals surface area (Å²) in [7, 11) is 0. The number of hydrogen-bond donors (Lipinski definition) is 1. The predicted octanol–water partition coefficient (Wildman–Crippen LogP) is 5.45. The molecule has 36 heavy (non-hydrogen) atoms. The fraction of sp³-hybridized carbons (Fsp3) is 0.208. The zero-order valence-electron chi connectivity index (χ0n) is 18.6. The van der Waals surface area contributed by atoms with Gasteiger partial charge in [-0.1, -0.05) is 41.6 Å². The van der Waals surface area contributed by atoms with E-state index in [0.29, 0.717) is 10.9 Å². The average Bonchev–Trinajstić information content (AvgIpc) is 2.89. The number of oxime groups is 1. The summed E-state index contributed by atoms with van der Waals surface area (Å²) in [4.78, 5) is 29.3. The molecule has 0 fully saturated rings. The fourth-order valence-corrected chi connectivity index (χ4v) is 3.04. The Hall–Kier alpha value is -4.09. The number of halogens is 6. The first-order chi connectivity index (χ1) is 17.1. The number of esters is 1. The molecule has 3 rings (SSSR count). The van der Waals surface area contributed by atoms with Gasteiger partial charge >= 0.3 is 5.97 Å². The van der Waals surface area contributed by atoms with Crippen LogP contribution in [0.2, 0.25) is 0 Å². The van der Waals surface area contributed by atoms with E-state index in [1.807, 2.05) is 18.2 Å². The number of benzene rings is 3. The second-order valence-corrected chi connectivity index (χ2v) is 7.41. The molecule has 6 nitrogen and oxygen atoms in total. The van der Waals surface area contributed by atoms with E-state index in [9.17, 15) is 35.9 Å². The maximum Gasteiger partial charge on any atom is 0.338 e. The molecule has 0 bridgehead atoms. The molecule has 1 atom stereocenters. The van der Waals surface area contributed by atoms with E-state index in [-0.39, 0.29) is 13.0 Å². The van der Waals surface area contributed by atoms with Gasteiger partial charge in [0.05, 0.1) is 12.2 Å². The molecule has 1 amide bonds. The maximum atomic E-state index is 13.7. The van der Waals surface area contributed by atoms with Crippen LogP contribution in [0, 0.1) is 29.1 Å². The molecule has 0 radical (unpaired) electrons. The highest BCUT2D eigenvalue weighted by molar-refractivity contribution is 6.42. The molecule has 0 spiro atoms. The molecular formula is C24H18F6N2O4. The molecule has 0 saturated carbocycles. The fourth-order valence-electron chi connectivity index (χ4n) is 3.04. The van der Waals surface area contributed by atoms with Crippen molar-refractivity contribution in [2.45, 2.75) is 19.4 Å². The van der Waals surface area contributed by atoms with E-state index in [1.54, 1.807) is 24.3 Å². The first-order valence-corrected chi connectivity index (χ1v) is 10.4. The monoisotopic (exact) mass is 512 g/mol. The van der Waals surface area contributed by atoms with Crippen LogP contribution in [0.4, 0.5) is 32.0 Å². The molecule has 1 N–H and O–H groups in total. The maximum absolute atomic E-state index is 13.7. The number of carbonyl (C=O) groups excluding carboxylic acids is 2. The highest BCUT2D eigenvalue weighted by atomic mass is 19.2. The lowest BCUT2D eigenvalue weighted by Crippen LogP contribution is -2.24. The van der Waals surface area contributed by atoms with Gasteiger partial charge in [0.15, 0.2) is 29.4 Å². The van der Waals surface area contributed by atoms with Crippen molar-refractivity contribution >= 4 is 34.0 Å². The van der Waals surface area contributed by atoms with Crippen LogP contribution in [0.3, 0.4) is 0 Å². The van der Waals surface area contributed by atoms with Crippen molar-refractivity contribution in [3.05, 3.63) is 77.1 Å². The number of amides is 1.